The standard InChI is InChI=1S/C11H16N2O/c12-8-10(11-6-3-7-14-11)13-9-4-1-2-5-9/h1-3,6-7,9-10,13H,4-5,8,12H2. The van der Waals surface area contributed by atoms with Crippen LogP contribution in [0, 0.1) is 0 Å². The molecule has 1 heterocycles. The van der Waals surface area contributed by atoms with E-state index >= 15 is 0 Å². The molecule has 14 heavy (non-hydrogen) atoms. The summed E-state index contributed by atoms with van der Waals surface area (Å²) < 4.78 is 5.33. The van der Waals surface area contributed by atoms with Crippen LogP contribution in [-0.4, -0.2) is 12.6 Å². The molecule has 0 saturated heterocycles. The third kappa shape index (κ3) is 2.05. The van der Waals surface area contributed by atoms with Crippen LogP contribution in [0.4, 0.5) is 0 Å². The summed E-state index contributed by atoms with van der Waals surface area (Å²) in [5, 5.41) is 3.49. The number of nitrogens with two attached hydrogens (primary N) is 1. The van der Waals surface area contributed by atoms with Gasteiger partial charge in [0.25, 0.3) is 0 Å². The molecule has 0 radical (unpaired) electrons. The van der Waals surface area contributed by atoms with Crippen molar-refractivity contribution >= 4 is 0 Å². The summed E-state index contributed by atoms with van der Waals surface area (Å²) in [5.74, 6) is 0.930. The van der Waals surface area contributed by atoms with Crippen LogP contribution in [0.5, 0.6) is 0 Å². The molecular formula is C11H16N2O. The van der Waals surface area contributed by atoms with Gasteiger partial charge < -0.3 is 15.5 Å². The monoisotopic (exact) mass is 192 g/mol. The Morgan fingerprint density at radius 1 is 1.50 bits per heavy atom. The molecule has 1 aromatic heterocycles. The molecule has 1 aliphatic rings. The normalized spacial score (nSPS) is 18.9. The lowest BCUT2D eigenvalue weighted by molar-refractivity contribution is 0.381. The fourth-order valence-electron chi connectivity index (χ4n) is 1.79. The Morgan fingerprint density at radius 3 is 2.86 bits per heavy atom. The lowest BCUT2D eigenvalue weighted by Crippen LogP contribution is -2.35. The minimum absolute atomic E-state index is 0.148. The van der Waals surface area contributed by atoms with Crippen LogP contribution in [0.2, 0.25) is 0 Å². The van der Waals surface area contributed by atoms with Crippen LogP contribution in [0.3, 0.4) is 0 Å². The fraction of sp³-hybridized carbons (Fsp3) is 0.455. The Kier molecular flexibility index (Phi) is 3.01. The highest BCUT2D eigenvalue weighted by molar-refractivity contribution is 5.07. The van der Waals surface area contributed by atoms with Gasteiger partial charge in [-0.15, -0.1) is 0 Å². The van der Waals surface area contributed by atoms with Crippen molar-refractivity contribution in [1.82, 2.24) is 5.32 Å². The van der Waals surface area contributed by atoms with Gasteiger partial charge in [0.05, 0.1) is 12.3 Å². The molecule has 0 bridgehead atoms. The first-order valence-electron chi connectivity index (χ1n) is 5.04. The molecular weight excluding hydrogens is 176 g/mol. The second kappa shape index (κ2) is 4.44. The van der Waals surface area contributed by atoms with Gasteiger partial charge in [0.15, 0.2) is 0 Å². The van der Waals surface area contributed by atoms with Gasteiger partial charge in [-0.05, 0) is 25.0 Å². The van der Waals surface area contributed by atoms with E-state index in [0.717, 1.165) is 18.6 Å². The van der Waals surface area contributed by atoms with Gasteiger partial charge >= 0.3 is 0 Å². The van der Waals surface area contributed by atoms with Gasteiger partial charge in [-0.1, -0.05) is 12.2 Å². The van der Waals surface area contributed by atoms with Crippen LogP contribution in [0.1, 0.15) is 24.6 Å². The minimum atomic E-state index is 0.148. The maximum absolute atomic E-state index is 5.70. The van der Waals surface area contributed by atoms with Gasteiger partial charge in [-0.2, -0.15) is 0 Å². The Morgan fingerprint density at radius 2 is 2.29 bits per heavy atom. The lowest BCUT2D eigenvalue weighted by Gasteiger charge is -2.19. The van der Waals surface area contributed by atoms with E-state index in [2.05, 4.69) is 17.5 Å². The van der Waals surface area contributed by atoms with E-state index in [1.807, 2.05) is 12.1 Å². The van der Waals surface area contributed by atoms with E-state index < -0.39 is 0 Å². The molecule has 3 heteroatoms. The van der Waals surface area contributed by atoms with E-state index in [9.17, 15) is 0 Å². The molecule has 3 N–H and O–H groups in total. The molecule has 0 saturated carbocycles. The van der Waals surface area contributed by atoms with Crippen molar-refractivity contribution in [3.05, 3.63) is 36.3 Å². The van der Waals surface area contributed by atoms with E-state index in [-0.39, 0.29) is 6.04 Å². The number of hydrogen-bond donors (Lipinski definition) is 2. The smallest absolute Gasteiger partial charge is 0.121 e. The largest absolute Gasteiger partial charge is 0.468 e. The van der Waals surface area contributed by atoms with Gasteiger partial charge in [0.1, 0.15) is 5.76 Å². The summed E-state index contributed by atoms with van der Waals surface area (Å²) >= 11 is 0. The summed E-state index contributed by atoms with van der Waals surface area (Å²) in [6, 6.07) is 4.53. The topological polar surface area (TPSA) is 51.2 Å². The quantitative estimate of drug-likeness (QED) is 0.712. The molecule has 2 rings (SSSR count). The molecule has 0 aromatic carbocycles. The number of nitrogens with one attached hydrogen (secondary N) is 1. The number of furan rings is 1. The summed E-state index contributed by atoms with van der Waals surface area (Å²) in [6.45, 7) is 0.573. The van der Waals surface area contributed by atoms with E-state index in [1.165, 1.54) is 0 Å². The van der Waals surface area contributed by atoms with Crippen LogP contribution >= 0.6 is 0 Å². The Hall–Kier alpha value is -1.06. The molecule has 1 unspecified atom stereocenters. The zero-order chi connectivity index (χ0) is 9.80. The third-order valence-electron chi connectivity index (χ3n) is 2.57. The van der Waals surface area contributed by atoms with Gasteiger partial charge in [-0.3, -0.25) is 0 Å². The van der Waals surface area contributed by atoms with Crippen molar-refractivity contribution in [1.29, 1.82) is 0 Å². The van der Waals surface area contributed by atoms with Crippen molar-refractivity contribution < 1.29 is 4.42 Å². The first-order valence-corrected chi connectivity index (χ1v) is 5.04. The summed E-state index contributed by atoms with van der Waals surface area (Å²) in [5.41, 5.74) is 5.70. The molecule has 0 aliphatic heterocycles. The highest BCUT2D eigenvalue weighted by Crippen LogP contribution is 2.17. The fourth-order valence-corrected chi connectivity index (χ4v) is 1.79. The Labute approximate surface area is 84.0 Å². The molecule has 76 valence electrons. The number of rotatable bonds is 4. The van der Waals surface area contributed by atoms with Crippen molar-refractivity contribution in [3.8, 4) is 0 Å². The molecule has 0 fully saturated rings. The predicted molar refractivity (Wildman–Crippen MR) is 55.8 cm³/mol. The second-order valence-corrected chi connectivity index (χ2v) is 3.61. The van der Waals surface area contributed by atoms with Crippen molar-refractivity contribution in [2.75, 3.05) is 6.54 Å². The maximum atomic E-state index is 5.70. The van der Waals surface area contributed by atoms with Gasteiger partial charge in [0, 0.05) is 12.6 Å². The first-order chi connectivity index (χ1) is 6.90. The highest BCUT2D eigenvalue weighted by atomic mass is 16.3. The van der Waals surface area contributed by atoms with E-state index in [4.69, 9.17) is 10.2 Å². The van der Waals surface area contributed by atoms with Crippen LogP contribution in [0.15, 0.2) is 35.0 Å². The van der Waals surface area contributed by atoms with Crippen LogP contribution in [-0.2, 0) is 0 Å². The zero-order valence-corrected chi connectivity index (χ0v) is 8.15. The molecule has 1 aromatic rings. The summed E-state index contributed by atoms with van der Waals surface area (Å²) in [6.07, 6.45) is 8.28. The van der Waals surface area contributed by atoms with Crippen LogP contribution in [0.25, 0.3) is 0 Å². The van der Waals surface area contributed by atoms with Crippen molar-refractivity contribution in [3.63, 3.8) is 0 Å². The molecule has 0 amide bonds. The first kappa shape index (κ1) is 9.49. The molecule has 1 atom stereocenters. The highest BCUT2D eigenvalue weighted by Gasteiger charge is 2.18. The molecule has 0 spiro atoms. The summed E-state index contributed by atoms with van der Waals surface area (Å²) in [7, 11) is 0. The third-order valence-corrected chi connectivity index (χ3v) is 2.57. The molecule has 3 nitrogen and oxygen atoms in total. The number of hydrogen-bond acceptors (Lipinski definition) is 3. The Balaban J connectivity index is 1.93. The van der Waals surface area contributed by atoms with Crippen LogP contribution < -0.4 is 11.1 Å². The minimum Gasteiger partial charge on any atom is -0.468 e. The van der Waals surface area contributed by atoms with Gasteiger partial charge in [0.2, 0.25) is 0 Å². The van der Waals surface area contributed by atoms with Crippen molar-refractivity contribution in [2.45, 2.75) is 24.9 Å². The SMILES string of the molecule is NCC(NC1CC=CC1)c1ccco1. The van der Waals surface area contributed by atoms with E-state index in [1.54, 1.807) is 6.26 Å². The maximum Gasteiger partial charge on any atom is 0.121 e. The lowest BCUT2D eigenvalue weighted by atomic mass is 10.1. The zero-order valence-electron chi connectivity index (χ0n) is 8.15. The van der Waals surface area contributed by atoms with Gasteiger partial charge in [-0.25, -0.2) is 0 Å². The average molecular weight is 192 g/mol. The second-order valence-electron chi connectivity index (χ2n) is 3.61. The van der Waals surface area contributed by atoms with Crippen molar-refractivity contribution in [2.24, 2.45) is 5.73 Å². The molecule has 1 aliphatic carbocycles. The predicted octanol–water partition coefficient (Wildman–Crippen LogP) is 1.59. The average Bonchev–Trinajstić information content (AvgIpc) is 2.86. The van der Waals surface area contributed by atoms with E-state index in [0.29, 0.717) is 12.6 Å². The summed E-state index contributed by atoms with van der Waals surface area (Å²) in [4.78, 5) is 0. The Bertz CT molecular complexity index is 284.